The van der Waals surface area contributed by atoms with E-state index in [1.165, 1.54) is 6.20 Å². The van der Waals surface area contributed by atoms with Crippen molar-refractivity contribution in [2.45, 2.75) is 19.5 Å². The van der Waals surface area contributed by atoms with E-state index in [0.29, 0.717) is 5.56 Å². The topological polar surface area (TPSA) is 73.1 Å². The van der Waals surface area contributed by atoms with Crippen molar-refractivity contribution in [3.8, 4) is 5.88 Å². The zero-order valence-electron chi connectivity index (χ0n) is 8.51. The molecule has 3 N–H and O–H groups in total. The predicted molar refractivity (Wildman–Crippen MR) is 50.7 cm³/mol. The molecular formula is C8H11F3N4O. The SMILES string of the molecule is Cc1cnc(NN)nc1OCCC(F)(F)F. The van der Waals surface area contributed by atoms with Gasteiger partial charge in [0, 0.05) is 11.8 Å². The van der Waals surface area contributed by atoms with Crippen molar-refractivity contribution in [1.82, 2.24) is 9.97 Å². The minimum absolute atomic E-state index is 0.0900. The van der Waals surface area contributed by atoms with Crippen molar-refractivity contribution < 1.29 is 17.9 Å². The third-order valence-corrected chi connectivity index (χ3v) is 1.68. The lowest BCUT2D eigenvalue weighted by atomic mass is 10.4. The van der Waals surface area contributed by atoms with Crippen LogP contribution in [0.1, 0.15) is 12.0 Å². The fourth-order valence-electron chi connectivity index (χ4n) is 0.906. The van der Waals surface area contributed by atoms with Crippen LogP contribution in [0.15, 0.2) is 6.20 Å². The molecule has 0 aliphatic carbocycles. The molecule has 0 saturated heterocycles. The lowest BCUT2D eigenvalue weighted by Crippen LogP contribution is -2.15. The molecule has 1 rings (SSSR count). The highest BCUT2D eigenvalue weighted by atomic mass is 19.4. The van der Waals surface area contributed by atoms with Crippen molar-refractivity contribution in [2.75, 3.05) is 12.0 Å². The van der Waals surface area contributed by atoms with E-state index in [1.54, 1.807) is 6.92 Å². The molecule has 16 heavy (non-hydrogen) atoms. The number of aryl methyl sites for hydroxylation is 1. The van der Waals surface area contributed by atoms with Gasteiger partial charge in [-0.25, -0.2) is 10.8 Å². The average molecular weight is 236 g/mol. The lowest BCUT2D eigenvalue weighted by Gasteiger charge is -2.10. The Bertz CT molecular complexity index is 356. The summed E-state index contributed by atoms with van der Waals surface area (Å²) >= 11 is 0. The van der Waals surface area contributed by atoms with E-state index in [4.69, 9.17) is 10.6 Å². The quantitative estimate of drug-likeness (QED) is 0.610. The molecule has 0 fully saturated rings. The van der Waals surface area contributed by atoms with Crippen molar-refractivity contribution >= 4 is 5.95 Å². The van der Waals surface area contributed by atoms with Crippen LogP contribution >= 0.6 is 0 Å². The highest BCUT2D eigenvalue weighted by molar-refractivity contribution is 5.31. The molecule has 0 spiro atoms. The van der Waals surface area contributed by atoms with E-state index in [-0.39, 0.29) is 11.8 Å². The van der Waals surface area contributed by atoms with Gasteiger partial charge in [-0.2, -0.15) is 18.2 Å². The van der Waals surface area contributed by atoms with Gasteiger partial charge in [0.15, 0.2) is 0 Å². The monoisotopic (exact) mass is 236 g/mol. The molecule has 8 heteroatoms. The molecule has 1 aromatic heterocycles. The van der Waals surface area contributed by atoms with Crippen molar-refractivity contribution in [1.29, 1.82) is 0 Å². The summed E-state index contributed by atoms with van der Waals surface area (Å²) in [6, 6.07) is 0. The Morgan fingerprint density at radius 1 is 1.50 bits per heavy atom. The maximum atomic E-state index is 11.9. The third-order valence-electron chi connectivity index (χ3n) is 1.68. The molecule has 5 nitrogen and oxygen atoms in total. The summed E-state index contributed by atoms with van der Waals surface area (Å²) in [4.78, 5) is 7.54. The van der Waals surface area contributed by atoms with E-state index in [9.17, 15) is 13.2 Å². The van der Waals surface area contributed by atoms with Crippen LogP contribution in [0.4, 0.5) is 19.1 Å². The van der Waals surface area contributed by atoms with Gasteiger partial charge in [-0.3, -0.25) is 5.43 Å². The summed E-state index contributed by atoms with van der Waals surface area (Å²) in [5.74, 6) is 5.24. The number of nitrogens with one attached hydrogen (secondary N) is 1. The summed E-state index contributed by atoms with van der Waals surface area (Å²) in [5, 5.41) is 0. The van der Waals surface area contributed by atoms with Gasteiger partial charge in [-0.15, -0.1) is 0 Å². The van der Waals surface area contributed by atoms with Crippen LogP contribution in [0.3, 0.4) is 0 Å². The van der Waals surface area contributed by atoms with Crippen LogP contribution in [0.25, 0.3) is 0 Å². The number of halogens is 3. The Balaban J connectivity index is 2.59. The standard InChI is InChI=1S/C8H11F3N4O/c1-5-4-13-7(15-12)14-6(5)16-3-2-8(9,10)11/h4H,2-3,12H2,1H3,(H,13,14,15). The summed E-state index contributed by atoms with van der Waals surface area (Å²) in [6.45, 7) is 1.15. The Morgan fingerprint density at radius 2 is 2.19 bits per heavy atom. The summed E-state index contributed by atoms with van der Waals surface area (Å²) < 4.78 is 40.5. The summed E-state index contributed by atoms with van der Waals surface area (Å²) in [7, 11) is 0. The fourth-order valence-corrected chi connectivity index (χ4v) is 0.906. The molecule has 90 valence electrons. The highest BCUT2D eigenvalue weighted by Gasteiger charge is 2.27. The maximum Gasteiger partial charge on any atom is 0.392 e. The first kappa shape index (κ1) is 12.5. The minimum atomic E-state index is -4.24. The number of nitrogens with zero attached hydrogens (tertiary/aromatic N) is 2. The first-order valence-corrected chi connectivity index (χ1v) is 4.42. The fraction of sp³-hybridized carbons (Fsp3) is 0.500. The van der Waals surface area contributed by atoms with Gasteiger partial charge < -0.3 is 4.74 Å². The van der Waals surface area contributed by atoms with E-state index >= 15 is 0 Å². The van der Waals surface area contributed by atoms with Crippen molar-refractivity contribution in [2.24, 2.45) is 5.84 Å². The van der Waals surface area contributed by atoms with Crippen LogP contribution < -0.4 is 16.0 Å². The number of alkyl halides is 3. The zero-order chi connectivity index (χ0) is 12.2. The Kier molecular flexibility index (Phi) is 3.88. The zero-order valence-corrected chi connectivity index (χ0v) is 8.51. The second kappa shape index (κ2) is 4.97. The first-order valence-electron chi connectivity index (χ1n) is 4.42. The normalized spacial score (nSPS) is 11.3. The van der Waals surface area contributed by atoms with Gasteiger partial charge in [0.05, 0.1) is 13.0 Å². The Labute approximate surface area is 89.8 Å². The van der Waals surface area contributed by atoms with Gasteiger partial charge in [-0.05, 0) is 6.92 Å². The van der Waals surface area contributed by atoms with Crippen LogP contribution in [0, 0.1) is 6.92 Å². The number of anilines is 1. The smallest absolute Gasteiger partial charge is 0.392 e. The Hall–Kier alpha value is -1.57. The molecule has 0 bridgehead atoms. The van der Waals surface area contributed by atoms with Gasteiger partial charge in [0.25, 0.3) is 0 Å². The second-order valence-corrected chi connectivity index (χ2v) is 3.04. The largest absolute Gasteiger partial charge is 0.477 e. The second-order valence-electron chi connectivity index (χ2n) is 3.04. The number of hydrazine groups is 1. The molecule has 0 atom stereocenters. The average Bonchev–Trinajstić information content (AvgIpc) is 2.19. The van der Waals surface area contributed by atoms with Crippen LogP contribution in [-0.4, -0.2) is 22.8 Å². The van der Waals surface area contributed by atoms with Crippen LogP contribution in [0.5, 0.6) is 5.88 Å². The molecule has 0 aromatic carbocycles. The van der Waals surface area contributed by atoms with E-state index in [1.807, 2.05) is 0 Å². The van der Waals surface area contributed by atoms with Gasteiger partial charge >= 0.3 is 6.18 Å². The first-order chi connectivity index (χ1) is 7.42. The highest BCUT2D eigenvalue weighted by Crippen LogP contribution is 2.21. The molecule has 0 amide bonds. The van der Waals surface area contributed by atoms with Gasteiger partial charge in [0.2, 0.25) is 11.8 Å². The number of rotatable bonds is 4. The number of aromatic nitrogens is 2. The van der Waals surface area contributed by atoms with Gasteiger partial charge in [0.1, 0.15) is 0 Å². The van der Waals surface area contributed by atoms with Crippen molar-refractivity contribution in [3.05, 3.63) is 11.8 Å². The summed E-state index contributed by atoms with van der Waals surface area (Å²) in [6.07, 6.45) is -3.86. The Morgan fingerprint density at radius 3 is 2.75 bits per heavy atom. The van der Waals surface area contributed by atoms with Crippen molar-refractivity contribution in [3.63, 3.8) is 0 Å². The van der Waals surface area contributed by atoms with E-state index in [2.05, 4.69) is 15.4 Å². The number of hydrogen-bond acceptors (Lipinski definition) is 5. The molecule has 0 unspecified atom stereocenters. The van der Waals surface area contributed by atoms with E-state index < -0.39 is 19.2 Å². The number of nitrogens with two attached hydrogens (primary N) is 1. The molecular weight excluding hydrogens is 225 g/mol. The van der Waals surface area contributed by atoms with Crippen LogP contribution in [-0.2, 0) is 0 Å². The van der Waals surface area contributed by atoms with E-state index in [0.717, 1.165) is 0 Å². The van der Waals surface area contributed by atoms with Crippen LogP contribution in [0.2, 0.25) is 0 Å². The van der Waals surface area contributed by atoms with Gasteiger partial charge in [-0.1, -0.05) is 0 Å². The molecule has 0 radical (unpaired) electrons. The number of hydrogen-bond donors (Lipinski definition) is 2. The molecule has 0 saturated carbocycles. The maximum absolute atomic E-state index is 11.9. The molecule has 0 aliphatic heterocycles. The number of ether oxygens (including phenoxy) is 1. The molecule has 0 aliphatic rings. The molecule has 1 aromatic rings. The third kappa shape index (κ3) is 3.89. The summed E-state index contributed by atoms with van der Waals surface area (Å²) in [5.41, 5.74) is 2.72. The molecule has 1 heterocycles. The lowest BCUT2D eigenvalue weighted by molar-refractivity contribution is -0.139. The number of nitrogen functional groups attached to an aromatic ring is 1. The minimum Gasteiger partial charge on any atom is -0.477 e. The predicted octanol–water partition coefficient (Wildman–Crippen LogP) is 1.40.